The Hall–Kier alpha value is -2.06. The van der Waals surface area contributed by atoms with Crippen LogP contribution >= 0.6 is 11.8 Å². The number of benzene rings is 1. The van der Waals surface area contributed by atoms with Crippen molar-refractivity contribution in [3.63, 3.8) is 0 Å². The number of amides is 1. The van der Waals surface area contributed by atoms with Gasteiger partial charge in [-0.15, -0.1) is 10.2 Å². The molecule has 146 valence electrons. The topological polar surface area (TPSA) is 72.3 Å². The van der Waals surface area contributed by atoms with Crippen molar-refractivity contribution in [2.75, 3.05) is 43.5 Å². The molecule has 1 fully saturated rings. The summed E-state index contributed by atoms with van der Waals surface area (Å²) in [5, 5.41) is 12.5. The molecular weight excluding hydrogens is 362 g/mol. The van der Waals surface area contributed by atoms with Crippen LogP contribution in [0.25, 0.3) is 5.69 Å². The van der Waals surface area contributed by atoms with E-state index in [1.165, 1.54) is 11.8 Å². The second kappa shape index (κ2) is 9.75. The number of nitrogens with one attached hydrogen (secondary N) is 1. The van der Waals surface area contributed by atoms with Crippen LogP contribution in [0.15, 0.2) is 29.4 Å². The van der Waals surface area contributed by atoms with E-state index in [9.17, 15) is 4.79 Å². The molecule has 0 aliphatic carbocycles. The van der Waals surface area contributed by atoms with Crippen molar-refractivity contribution in [2.24, 2.45) is 0 Å². The molecule has 8 heteroatoms. The van der Waals surface area contributed by atoms with Crippen LogP contribution in [0.3, 0.4) is 0 Å². The van der Waals surface area contributed by atoms with Crippen LogP contribution in [0.4, 0.5) is 5.95 Å². The maximum absolute atomic E-state index is 12.1. The number of hydrogen-bond donors (Lipinski definition) is 1. The molecule has 1 aliphatic heterocycles. The number of aryl methyl sites for hydroxylation is 1. The van der Waals surface area contributed by atoms with Crippen molar-refractivity contribution in [1.82, 2.24) is 20.1 Å². The zero-order valence-corrected chi connectivity index (χ0v) is 16.8. The predicted octanol–water partition coefficient (Wildman–Crippen LogP) is 2.42. The van der Waals surface area contributed by atoms with Crippen molar-refractivity contribution in [2.45, 2.75) is 31.8 Å². The Morgan fingerprint density at radius 2 is 2.04 bits per heavy atom. The number of morpholine rings is 1. The first-order valence-corrected chi connectivity index (χ1v) is 10.4. The predicted molar refractivity (Wildman–Crippen MR) is 108 cm³/mol. The normalized spacial score (nSPS) is 14.4. The minimum atomic E-state index is 0.0284. The zero-order chi connectivity index (χ0) is 19.1. The maximum Gasteiger partial charge on any atom is 0.232 e. The van der Waals surface area contributed by atoms with Crippen LogP contribution in [-0.4, -0.2) is 59.3 Å². The van der Waals surface area contributed by atoms with E-state index in [0.29, 0.717) is 19.0 Å². The first kappa shape index (κ1) is 19.7. The summed E-state index contributed by atoms with van der Waals surface area (Å²) in [5.74, 6) is 1.17. The molecule has 1 N–H and O–H groups in total. The van der Waals surface area contributed by atoms with Crippen LogP contribution < -0.4 is 10.2 Å². The zero-order valence-electron chi connectivity index (χ0n) is 16.0. The van der Waals surface area contributed by atoms with Crippen LogP contribution in [-0.2, 0) is 9.53 Å². The minimum Gasteiger partial charge on any atom is -0.378 e. The summed E-state index contributed by atoms with van der Waals surface area (Å²) < 4.78 is 7.53. The molecule has 0 saturated carbocycles. The molecular formula is C19H27N5O2S. The Balaban J connectivity index is 1.82. The van der Waals surface area contributed by atoms with Crippen LogP contribution in [0.2, 0.25) is 0 Å². The Labute approximate surface area is 164 Å². The summed E-state index contributed by atoms with van der Waals surface area (Å²) in [6.45, 7) is 7.84. The molecule has 1 aliphatic rings. The van der Waals surface area contributed by atoms with E-state index < -0.39 is 0 Å². The van der Waals surface area contributed by atoms with Crippen molar-refractivity contribution in [3.8, 4) is 5.69 Å². The number of rotatable bonds is 8. The van der Waals surface area contributed by atoms with Crippen molar-refractivity contribution < 1.29 is 9.53 Å². The molecule has 1 saturated heterocycles. The Kier molecular flexibility index (Phi) is 7.11. The lowest BCUT2D eigenvalue weighted by Crippen LogP contribution is -2.38. The van der Waals surface area contributed by atoms with Crippen molar-refractivity contribution in [3.05, 3.63) is 29.8 Å². The van der Waals surface area contributed by atoms with E-state index in [1.54, 1.807) is 0 Å². The second-order valence-corrected chi connectivity index (χ2v) is 7.44. The molecule has 3 rings (SSSR count). The van der Waals surface area contributed by atoms with Gasteiger partial charge in [0, 0.05) is 19.6 Å². The highest BCUT2D eigenvalue weighted by molar-refractivity contribution is 7.99. The Bertz CT molecular complexity index is 758. The smallest absolute Gasteiger partial charge is 0.232 e. The van der Waals surface area contributed by atoms with Crippen molar-refractivity contribution in [1.29, 1.82) is 0 Å². The van der Waals surface area contributed by atoms with Gasteiger partial charge in [-0.3, -0.25) is 9.36 Å². The van der Waals surface area contributed by atoms with Crippen LogP contribution in [0.1, 0.15) is 25.3 Å². The van der Waals surface area contributed by atoms with Gasteiger partial charge in [0.05, 0.1) is 24.7 Å². The fourth-order valence-corrected chi connectivity index (χ4v) is 3.70. The lowest BCUT2D eigenvalue weighted by Gasteiger charge is -2.28. The summed E-state index contributed by atoms with van der Waals surface area (Å²) >= 11 is 1.42. The number of nitrogens with zero attached hydrogens (tertiary/aromatic N) is 4. The molecule has 27 heavy (non-hydrogen) atoms. The van der Waals surface area contributed by atoms with E-state index in [-0.39, 0.29) is 5.91 Å². The first-order chi connectivity index (χ1) is 13.2. The van der Waals surface area contributed by atoms with Gasteiger partial charge in [-0.1, -0.05) is 43.3 Å². The number of para-hydroxylation sites is 1. The van der Waals surface area contributed by atoms with E-state index in [0.717, 1.165) is 54.8 Å². The SMILES string of the molecule is CCCCNC(=O)CSc1nnc(N2CCOCC2)n1-c1ccccc1C. The minimum absolute atomic E-state index is 0.0284. The number of anilines is 1. The molecule has 2 heterocycles. The summed E-state index contributed by atoms with van der Waals surface area (Å²) in [7, 11) is 0. The van der Waals surface area contributed by atoms with E-state index in [2.05, 4.69) is 51.0 Å². The van der Waals surface area contributed by atoms with E-state index in [4.69, 9.17) is 4.74 Å². The van der Waals surface area contributed by atoms with Gasteiger partial charge in [0.1, 0.15) is 0 Å². The number of carbonyl (C=O) groups excluding carboxylic acids is 1. The van der Waals surface area contributed by atoms with E-state index in [1.807, 2.05) is 12.1 Å². The second-order valence-electron chi connectivity index (χ2n) is 6.50. The monoisotopic (exact) mass is 389 g/mol. The maximum atomic E-state index is 12.1. The lowest BCUT2D eigenvalue weighted by atomic mass is 10.2. The van der Waals surface area contributed by atoms with Gasteiger partial charge in [0.2, 0.25) is 11.9 Å². The van der Waals surface area contributed by atoms with Crippen LogP contribution in [0, 0.1) is 6.92 Å². The quantitative estimate of drug-likeness (QED) is 0.552. The molecule has 7 nitrogen and oxygen atoms in total. The third-order valence-electron chi connectivity index (χ3n) is 4.45. The standard InChI is InChI=1S/C19H27N5O2S/c1-3-4-9-20-17(25)14-27-19-22-21-18(23-10-12-26-13-11-23)24(19)16-8-6-5-7-15(16)2/h5-8H,3-4,9-14H2,1-2H3,(H,20,25). The highest BCUT2D eigenvalue weighted by Gasteiger charge is 2.23. The Morgan fingerprint density at radius 3 is 2.78 bits per heavy atom. The summed E-state index contributed by atoms with van der Waals surface area (Å²) in [5.41, 5.74) is 2.18. The van der Waals surface area contributed by atoms with Gasteiger partial charge < -0.3 is 15.0 Å². The average molecular weight is 390 g/mol. The molecule has 0 spiro atoms. The van der Waals surface area contributed by atoms with Gasteiger partial charge in [-0.25, -0.2) is 0 Å². The van der Waals surface area contributed by atoms with Gasteiger partial charge in [-0.05, 0) is 25.0 Å². The summed E-state index contributed by atoms with van der Waals surface area (Å²) in [4.78, 5) is 14.3. The van der Waals surface area contributed by atoms with Crippen LogP contribution in [0.5, 0.6) is 0 Å². The van der Waals surface area contributed by atoms with Gasteiger partial charge in [0.25, 0.3) is 0 Å². The molecule has 0 unspecified atom stereocenters. The number of hydrogen-bond acceptors (Lipinski definition) is 6. The van der Waals surface area contributed by atoms with E-state index >= 15 is 0 Å². The van der Waals surface area contributed by atoms with Gasteiger partial charge in [-0.2, -0.15) is 0 Å². The first-order valence-electron chi connectivity index (χ1n) is 9.44. The molecule has 2 aromatic rings. The van der Waals surface area contributed by atoms with Gasteiger partial charge >= 0.3 is 0 Å². The highest BCUT2D eigenvalue weighted by atomic mass is 32.2. The molecule has 0 radical (unpaired) electrons. The number of unbranched alkanes of at least 4 members (excludes halogenated alkanes) is 1. The highest BCUT2D eigenvalue weighted by Crippen LogP contribution is 2.28. The fourth-order valence-electron chi connectivity index (χ4n) is 2.93. The fraction of sp³-hybridized carbons (Fsp3) is 0.526. The molecule has 1 aromatic carbocycles. The van der Waals surface area contributed by atoms with Crippen molar-refractivity contribution >= 4 is 23.6 Å². The largest absolute Gasteiger partial charge is 0.378 e. The summed E-state index contributed by atoms with van der Waals surface area (Å²) in [6.07, 6.45) is 2.06. The Morgan fingerprint density at radius 1 is 1.26 bits per heavy atom. The molecule has 1 aromatic heterocycles. The number of carbonyl (C=O) groups is 1. The van der Waals surface area contributed by atoms with Gasteiger partial charge in [0.15, 0.2) is 5.16 Å². The third kappa shape index (κ3) is 5.01. The molecule has 0 bridgehead atoms. The third-order valence-corrected chi connectivity index (χ3v) is 5.38. The molecule has 1 amide bonds. The molecule has 0 atom stereocenters. The average Bonchev–Trinajstić information content (AvgIpc) is 3.11. The lowest BCUT2D eigenvalue weighted by molar-refractivity contribution is -0.118. The number of aromatic nitrogens is 3. The number of thioether (sulfide) groups is 1. The number of ether oxygens (including phenoxy) is 1. The summed E-state index contributed by atoms with van der Waals surface area (Å²) in [6, 6.07) is 8.17.